The lowest BCUT2D eigenvalue weighted by molar-refractivity contribution is -0.200. The molecule has 0 heterocycles. The fourth-order valence-corrected chi connectivity index (χ4v) is 1.75. The predicted molar refractivity (Wildman–Crippen MR) is 56.8 cm³/mol. The average Bonchev–Trinajstić information content (AvgIpc) is 2.23. The average molecular weight is 270 g/mol. The van der Waals surface area contributed by atoms with Crippen LogP contribution < -0.4 is 0 Å². The van der Waals surface area contributed by atoms with Crippen LogP contribution >= 0.6 is 0 Å². The van der Waals surface area contributed by atoms with Crippen LogP contribution in [0, 0.1) is 17.8 Å². The summed E-state index contributed by atoms with van der Waals surface area (Å²) in [5.74, 6) is -7.76. The number of rotatable bonds is 6. The summed E-state index contributed by atoms with van der Waals surface area (Å²) in [7, 11) is 0. The lowest BCUT2D eigenvalue weighted by atomic mass is 9.80. The van der Waals surface area contributed by atoms with E-state index in [-0.39, 0.29) is 13.0 Å². The molecule has 0 aliphatic rings. The maximum absolute atomic E-state index is 12.6. The van der Waals surface area contributed by atoms with E-state index in [0.717, 1.165) is 6.92 Å². The van der Waals surface area contributed by atoms with Gasteiger partial charge in [0.25, 0.3) is 0 Å². The second kappa shape index (κ2) is 6.61. The number of hydrogen-bond acceptors (Lipinski definition) is 3. The number of hydrogen-bond donors (Lipinski definition) is 1. The maximum atomic E-state index is 12.6. The third kappa shape index (κ3) is 4.19. The van der Waals surface area contributed by atoms with Crippen LogP contribution in [0.15, 0.2) is 0 Å². The van der Waals surface area contributed by atoms with Crippen molar-refractivity contribution in [1.29, 1.82) is 0 Å². The molecule has 3 unspecified atom stereocenters. The largest absolute Gasteiger partial charge is 0.481 e. The summed E-state index contributed by atoms with van der Waals surface area (Å²) in [6.07, 6.45) is -4.68. The number of aliphatic carboxylic acids is 1. The molecule has 0 aromatic rings. The van der Waals surface area contributed by atoms with E-state index in [4.69, 9.17) is 5.11 Å². The number of carboxylic acid groups (broad SMARTS) is 1. The minimum Gasteiger partial charge on any atom is -0.481 e. The summed E-state index contributed by atoms with van der Waals surface area (Å²) in [5, 5.41) is 8.92. The van der Waals surface area contributed by atoms with Crippen molar-refractivity contribution in [2.45, 2.75) is 33.4 Å². The Morgan fingerprint density at radius 1 is 1.28 bits per heavy atom. The van der Waals surface area contributed by atoms with E-state index in [1.807, 2.05) is 0 Å². The molecule has 0 rings (SSSR count). The van der Waals surface area contributed by atoms with Gasteiger partial charge in [0.2, 0.25) is 0 Å². The number of ether oxygens (including phenoxy) is 1. The van der Waals surface area contributed by atoms with Crippen LogP contribution in [-0.4, -0.2) is 29.8 Å². The molecule has 4 nitrogen and oxygen atoms in total. The number of carbonyl (C=O) groups excluding carboxylic acids is 1. The van der Waals surface area contributed by atoms with E-state index in [1.54, 1.807) is 0 Å². The first-order valence-corrected chi connectivity index (χ1v) is 5.62. The molecule has 106 valence electrons. The molecule has 1 N–H and O–H groups in total. The standard InChI is InChI=1S/C11H17F3O4/c1-4-7(10(17)18-5-2)8(9(15)16)6(3)11(12,13)14/h6-8H,4-5H2,1-3H3,(H,15,16). The number of esters is 1. The van der Waals surface area contributed by atoms with E-state index >= 15 is 0 Å². The van der Waals surface area contributed by atoms with Gasteiger partial charge in [-0.1, -0.05) is 13.8 Å². The van der Waals surface area contributed by atoms with E-state index < -0.39 is 35.9 Å². The summed E-state index contributed by atoms with van der Waals surface area (Å²) >= 11 is 0. The molecule has 0 aromatic heterocycles. The van der Waals surface area contributed by atoms with Crippen LogP contribution in [0.25, 0.3) is 0 Å². The van der Waals surface area contributed by atoms with Crippen LogP contribution in [0.1, 0.15) is 27.2 Å². The van der Waals surface area contributed by atoms with Crippen LogP contribution in [0.5, 0.6) is 0 Å². The van der Waals surface area contributed by atoms with Crippen LogP contribution in [0.3, 0.4) is 0 Å². The Morgan fingerprint density at radius 3 is 2.06 bits per heavy atom. The lowest BCUT2D eigenvalue weighted by Crippen LogP contribution is -2.41. The Kier molecular flexibility index (Phi) is 6.14. The molecule has 0 saturated heterocycles. The Labute approximate surface area is 103 Å². The molecule has 0 aliphatic carbocycles. The molecule has 3 atom stereocenters. The molecule has 0 aromatic carbocycles. The van der Waals surface area contributed by atoms with Crippen molar-refractivity contribution >= 4 is 11.9 Å². The van der Waals surface area contributed by atoms with E-state index in [2.05, 4.69) is 4.74 Å². The first kappa shape index (κ1) is 16.7. The fourth-order valence-electron chi connectivity index (χ4n) is 1.75. The first-order chi connectivity index (χ1) is 8.16. The number of carboxylic acids is 1. The zero-order valence-corrected chi connectivity index (χ0v) is 10.5. The smallest absolute Gasteiger partial charge is 0.392 e. The van der Waals surface area contributed by atoms with Gasteiger partial charge in [0, 0.05) is 0 Å². The van der Waals surface area contributed by atoms with Crippen molar-refractivity contribution in [1.82, 2.24) is 0 Å². The molecular weight excluding hydrogens is 253 g/mol. The third-order valence-electron chi connectivity index (χ3n) is 2.80. The molecule has 0 amide bonds. The number of carbonyl (C=O) groups is 2. The molecule has 7 heteroatoms. The fraction of sp³-hybridized carbons (Fsp3) is 0.818. The molecule has 0 saturated carbocycles. The van der Waals surface area contributed by atoms with Crippen molar-refractivity contribution in [2.75, 3.05) is 6.61 Å². The van der Waals surface area contributed by atoms with Crippen LogP contribution in [0.2, 0.25) is 0 Å². The highest BCUT2D eigenvalue weighted by Crippen LogP contribution is 2.37. The normalized spacial score (nSPS) is 16.8. The molecule has 0 aliphatic heterocycles. The predicted octanol–water partition coefficient (Wildman–Crippen LogP) is 2.47. The highest BCUT2D eigenvalue weighted by atomic mass is 19.4. The van der Waals surface area contributed by atoms with Gasteiger partial charge in [-0.2, -0.15) is 13.2 Å². The van der Waals surface area contributed by atoms with Gasteiger partial charge in [0.15, 0.2) is 0 Å². The topological polar surface area (TPSA) is 63.6 Å². The second-order valence-corrected chi connectivity index (χ2v) is 3.96. The molecule has 0 radical (unpaired) electrons. The van der Waals surface area contributed by atoms with Gasteiger partial charge in [-0.05, 0) is 13.3 Å². The summed E-state index contributed by atoms with van der Waals surface area (Å²) in [6, 6.07) is 0. The minimum absolute atomic E-state index is 0.00205. The summed E-state index contributed by atoms with van der Waals surface area (Å²) < 4.78 is 42.4. The van der Waals surface area contributed by atoms with Gasteiger partial charge < -0.3 is 9.84 Å². The molecule has 18 heavy (non-hydrogen) atoms. The van der Waals surface area contributed by atoms with Crippen LogP contribution in [-0.2, 0) is 14.3 Å². The SMILES string of the molecule is CCOC(=O)C(CC)C(C(=O)O)C(C)C(F)(F)F. The Balaban J connectivity index is 5.19. The van der Waals surface area contributed by atoms with Gasteiger partial charge in [-0.15, -0.1) is 0 Å². The van der Waals surface area contributed by atoms with Crippen LogP contribution in [0.4, 0.5) is 13.2 Å². The zero-order chi connectivity index (χ0) is 14.5. The van der Waals surface area contributed by atoms with E-state index in [9.17, 15) is 22.8 Å². The van der Waals surface area contributed by atoms with Crippen molar-refractivity contribution in [3.63, 3.8) is 0 Å². The summed E-state index contributed by atoms with van der Waals surface area (Å²) in [6.45, 7) is 3.73. The quantitative estimate of drug-likeness (QED) is 0.753. The molecular formula is C11H17F3O4. The molecule has 0 fully saturated rings. The highest BCUT2D eigenvalue weighted by Gasteiger charge is 2.49. The molecule has 0 bridgehead atoms. The Morgan fingerprint density at radius 2 is 1.78 bits per heavy atom. The van der Waals surface area contributed by atoms with Gasteiger partial charge in [0.05, 0.1) is 24.4 Å². The van der Waals surface area contributed by atoms with Crippen molar-refractivity contribution in [2.24, 2.45) is 17.8 Å². The Bertz CT molecular complexity index is 301. The van der Waals surface area contributed by atoms with Gasteiger partial charge in [-0.25, -0.2) is 0 Å². The number of halogens is 3. The minimum atomic E-state index is -4.66. The van der Waals surface area contributed by atoms with E-state index in [0.29, 0.717) is 0 Å². The number of alkyl halides is 3. The van der Waals surface area contributed by atoms with Crippen molar-refractivity contribution in [3.05, 3.63) is 0 Å². The van der Waals surface area contributed by atoms with Crippen molar-refractivity contribution < 1.29 is 32.6 Å². The van der Waals surface area contributed by atoms with Gasteiger partial charge in [0.1, 0.15) is 0 Å². The van der Waals surface area contributed by atoms with Gasteiger partial charge in [-0.3, -0.25) is 9.59 Å². The zero-order valence-electron chi connectivity index (χ0n) is 10.5. The highest BCUT2D eigenvalue weighted by molar-refractivity contribution is 5.81. The monoisotopic (exact) mass is 270 g/mol. The third-order valence-corrected chi connectivity index (χ3v) is 2.80. The summed E-state index contributed by atoms with van der Waals surface area (Å²) in [4.78, 5) is 22.5. The molecule has 0 spiro atoms. The lowest BCUT2D eigenvalue weighted by Gasteiger charge is -2.27. The first-order valence-electron chi connectivity index (χ1n) is 5.62. The maximum Gasteiger partial charge on any atom is 0.392 e. The van der Waals surface area contributed by atoms with E-state index in [1.165, 1.54) is 13.8 Å². The van der Waals surface area contributed by atoms with Crippen molar-refractivity contribution in [3.8, 4) is 0 Å². The Hall–Kier alpha value is -1.27. The van der Waals surface area contributed by atoms with Gasteiger partial charge >= 0.3 is 18.1 Å². The summed E-state index contributed by atoms with van der Waals surface area (Å²) in [5.41, 5.74) is 0. The second-order valence-electron chi connectivity index (χ2n) is 3.96.